The summed E-state index contributed by atoms with van der Waals surface area (Å²) in [6.45, 7) is 0. The Balaban J connectivity index is 2.21. The summed E-state index contributed by atoms with van der Waals surface area (Å²) in [7, 11) is 1.71. The normalized spacial score (nSPS) is 25.5. The summed E-state index contributed by atoms with van der Waals surface area (Å²) in [5.74, 6) is -2.33. The number of imidazole rings is 1. The number of aromatic hydroxyl groups is 1. The molecule has 14 heavy (non-hydrogen) atoms. The molecular weight excluding hydrogens is 190 g/mol. The van der Waals surface area contributed by atoms with Crippen molar-refractivity contribution in [1.29, 1.82) is 0 Å². The molecule has 1 atom stereocenters. The number of rotatable bonds is 1. The SMILES string of the molecule is Cn1cc(O)nc1C1CCC(F)(F)C1. The summed E-state index contributed by atoms with van der Waals surface area (Å²) >= 11 is 0. The third kappa shape index (κ3) is 1.58. The topological polar surface area (TPSA) is 38.0 Å². The van der Waals surface area contributed by atoms with Crippen LogP contribution in [0.25, 0.3) is 0 Å². The van der Waals surface area contributed by atoms with Crippen LogP contribution in [0.3, 0.4) is 0 Å². The maximum Gasteiger partial charge on any atom is 0.248 e. The quantitative estimate of drug-likeness (QED) is 0.756. The van der Waals surface area contributed by atoms with Crippen molar-refractivity contribution < 1.29 is 13.9 Å². The maximum atomic E-state index is 12.9. The van der Waals surface area contributed by atoms with Crippen LogP contribution >= 0.6 is 0 Å². The third-order valence-electron chi connectivity index (χ3n) is 2.67. The Morgan fingerprint density at radius 1 is 1.64 bits per heavy atom. The molecule has 0 spiro atoms. The Bertz CT molecular complexity index is 349. The second-order valence-electron chi connectivity index (χ2n) is 3.86. The van der Waals surface area contributed by atoms with E-state index < -0.39 is 5.92 Å². The molecule has 0 aliphatic heterocycles. The molecule has 0 amide bonds. The minimum Gasteiger partial charge on any atom is -0.492 e. The van der Waals surface area contributed by atoms with Gasteiger partial charge in [0.2, 0.25) is 11.8 Å². The minimum atomic E-state index is -2.56. The highest BCUT2D eigenvalue weighted by atomic mass is 19.3. The summed E-state index contributed by atoms with van der Waals surface area (Å²) in [5.41, 5.74) is 0. The van der Waals surface area contributed by atoms with Crippen molar-refractivity contribution >= 4 is 0 Å². The van der Waals surface area contributed by atoms with Crippen molar-refractivity contribution in [3.63, 3.8) is 0 Å². The van der Waals surface area contributed by atoms with Gasteiger partial charge in [-0.2, -0.15) is 4.98 Å². The molecule has 1 aliphatic carbocycles. The molecule has 1 heterocycles. The van der Waals surface area contributed by atoms with Gasteiger partial charge in [-0.3, -0.25) is 0 Å². The first-order chi connectivity index (χ1) is 6.48. The van der Waals surface area contributed by atoms with Crippen molar-refractivity contribution in [2.24, 2.45) is 7.05 Å². The highest BCUT2D eigenvalue weighted by molar-refractivity contribution is 5.13. The van der Waals surface area contributed by atoms with Gasteiger partial charge in [-0.1, -0.05) is 0 Å². The van der Waals surface area contributed by atoms with Gasteiger partial charge in [0.15, 0.2) is 0 Å². The third-order valence-corrected chi connectivity index (χ3v) is 2.67. The molecule has 0 radical (unpaired) electrons. The second-order valence-corrected chi connectivity index (χ2v) is 3.86. The van der Waals surface area contributed by atoms with E-state index in [-0.39, 0.29) is 24.6 Å². The monoisotopic (exact) mass is 202 g/mol. The van der Waals surface area contributed by atoms with Gasteiger partial charge >= 0.3 is 0 Å². The zero-order valence-corrected chi connectivity index (χ0v) is 7.87. The molecule has 0 saturated heterocycles. The van der Waals surface area contributed by atoms with E-state index in [0.717, 1.165) is 0 Å². The van der Waals surface area contributed by atoms with Crippen molar-refractivity contribution in [3.05, 3.63) is 12.0 Å². The van der Waals surface area contributed by atoms with E-state index >= 15 is 0 Å². The van der Waals surface area contributed by atoms with Gasteiger partial charge in [0, 0.05) is 25.8 Å². The van der Waals surface area contributed by atoms with Crippen molar-refractivity contribution in [2.45, 2.75) is 31.1 Å². The molecule has 1 saturated carbocycles. The Morgan fingerprint density at radius 3 is 2.79 bits per heavy atom. The largest absolute Gasteiger partial charge is 0.492 e. The smallest absolute Gasteiger partial charge is 0.248 e. The number of hydrogen-bond acceptors (Lipinski definition) is 2. The van der Waals surface area contributed by atoms with Crippen LogP contribution in [0.4, 0.5) is 8.78 Å². The molecule has 1 N–H and O–H groups in total. The van der Waals surface area contributed by atoms with Gasteiger partial charge in [0.1, 0.15) is 5.82 Å². The van der Waals surface area contributed by atoms with Crippen LogP contribution in [-0.2, 0) is 7.05 Å². The number of nitrogens with zero attached hydrogens (tertiary/aromatic N) is 2. The number of aryl methyl sites for hydroxylation is 1. The Kier molecular flexibility index (Phi) is 1.97. The summed E-state index contributed by atoms with van der Waals surface area (Å²) < 4.78 is 27.5. The van der Waals surface area contributed by atoms with E-state index in [1.807, 2.05) is 0 Å². The molecule has 1 aliphatic rings. The van der Waals surface area contributed by atoms with Crippen molar-refractivity contribution in [2.75, 3.05) is 0 Å². The average Bonchev–Trinajstić information content (AvgIpc) is 2.55. The summed E-state index contributed by atoms with van der Waals surface area (Å²) in [6, 6.07) is 0. The standard InChI is InChI=1S/C9H12F2N2O/c1-13-5-7(14)12-8(13)6-2-3-9(10,11)4-6/h5-6,14H,2-4H2,1H3. The highest BCUT2D eigenvalue weighted by Crippen LogP contribution is 2.43. The highest BCUT2D eigenvalue weighted by Gasteiger charge is 2.41. The number of halogens is 2. The molecule has 1 fully saturated rings. The second kappa shape index (κ2) is 2.93. The first kappa shape index (κ1) is 9.43. The Morgan fingerprint density at radius 2 is 2.36 bits per heavy atom. The number of aromatic nitrogens is 2. The van der Waals surface area contributed by atoms with E-state index in [2.05, 4.69) is 4.98 Å². The van der Waals surface area contributed by atoms with Crippen LogP contribution in [0.1, 0.15) is 31.0 Å². The molecule has 1 unspecified atom stereocenters. The van der Waals surface area contributed by atoms with E-state index in [9.17, 15) is 8.78 Å². The van der Waals surface area contributed by atoms with Crippen LogP contribution in [0.15, 0.2) is 6.20 Å². The Hall–Kier alpha value is -1.13. The van der Waals surface area contributed by atoms with Crippen molar-refractivity contribution in [3.8, 4) is 5.88 Å². The lowest BCUT2D eigenvalue weighted by atomic mass is 10.1. The molecule has 78 valence electrons. The predicted molar refractivity (Wildman–Crippen MR) is 46.4 cm³/mol. The number of hydrogen-bond donors (Lipinski definition) is 1. The molecule has 0 aromatic carbocycles. The molecule has 1 aromatic rings. The first-order valence-electron chi connectivity index (χ1n) is 4.58. The van der Waals surface area contributed by atoms with Gasteiger partial charge in [0.25, 0.3) is 0 Å². The van der Waals surface area contributed by atoms with Gasteiger partial charge in [-0.25, -0.2) is 8.78 Å². The molecule has 1 aromatic heterocycles. The maximum absolute atomic E-state index is 12.9. The molecule has 3 nitrogen and oxygen atoms in total. The number of alkyl halides is 2. The van der Waals surface area contributed by atoms with Gasteiger partial charge in [-0.05, 0) is 6.42 Å². The molecule has 0 bridgehead atoms. The first-order valence-corrected chi connectivity index (χ1v) is 4.58. The average molecular weight is 202 g/mol. The van der Waals surface area contributed by atoms with E-state index in [1.165, 1.54) is 6.20 Å². The fraction of sp³-hybridized carbons (Fsp3) is 0.667. The summed E-state index contributed by atoms with van der Waals surface area (Å²) in [4.78, 5) is 3.84. The lowest BCUT2D eigenvalue weighted by Crippen LogP contribution is -2.10. The van der Waals surface area contributed by atoms with Crippen LogP contribution in [0.2, 0.25) is 0 Å². The fourth-order valence-electron chi connectivity index (χ4n) is 2.01. The van der Waals surface area contributed by atoms with E-state index in [1.54, 1.807) is 11.6 Å². The van der Waals surface area contributed by atoms with Crippen molar-refractivity contribution in [1.82, 2.24) is 9.55 Å². The molecule has 2 rings (SSSR count). The van der Waals surface area contributed by atoms with Crippen LogP contribution in [0.5, 0.6) is 5.88 Å². The van der Waals surface area contributed by atoms with Crippen LogP contribution in [-0.4, -0.2) is 20.6 Å². The fourth-order valence-corrected chi connectivity index (χ4v) is 2.01. The molecule has 5 heteroatoms. The van der Waals surface area contributed by atoms with Crippen LogP contribution < -0.4 is 0 Å². The summed E-state index contributed by atoms with van der Waals surface area (Å²) in [5, 5.41) is 9.10. The van der Waals surface area contributed by atoms with E-state index in [0.29, 0.717) is 12.2 Å². The molecular formula is C9H12F2N2O. The minimum absolute atomic E-state index is 0.0781. The van der Waals surface area contributed by atoms with Crippen LogP contribution in [0, 0.1) is 0 Å². The Labute approximate surface area is 80.4 Å². The van der Waals surface area contributed by atoms with Gasteiger partial charge in [0.05, 0.1) is 6.20 Å². The predicted octanol–water partition coefficient (Wildman–Crippen LogP) is 2.03. The lowest BCUT2D eigenvalue weighted by molar-refractivity contribution is 0.00747. The zero-order chi connectivity index (χ0) is 10.3. The zero-order valence-electron chi connectivity index (χ0n) is 7.87. The van der Waals surface area contributed by atoms with Gasteiger partial charge in [-0.15, -0.1) is 0 Å². The lowest BCUT2D eigenvalue weighted by Gasteiger charge is -2.09. The van der Waals surface area contributed by atoms with E-state index in [4.69, 9.17) is 5.11 Å². The van der Waals surface area contributed by atoms with Gasteiger partial charge < -0.3 is 9.67 Å². The summed E-state index contributed by atoms with van der Waals surface area (Å²) in [6.07, 6.45) is 1.64.